The topological polar surface area (TPSA) is 62.3 Å². The summed E-state index contributed by atoms with van der Waals surface area (Å²) in [5, 5.41) is 5.40. The normalized spacial score (nSPS) is 14.0. The quantitative estimate of drug-likeness (QED) is 0.760. The van der Waals surface area contributed by atoms with E-state index in [0.717, 1.165) is 30.6 Å². The molecule has 6 heteroatoms. The lowest BCUT2D eigenvalue weighted by Gasteiger charge is -2.14. The molecule has 1 saturated heterocycles. The monoisotopic (exact) mass is 371 g/mol. The minimum atomic E-state index is -0.0967. The maximum absolute atomic E-state index is 12.1. The van der Waals surface area contributed by atoms with Crippen LogP contribution in [0.4, 0.5) is 5.13 Å². The van der Waals surface area contributed by atoms with Crippen molar-refractivity contribution >= 4 is 28.3 Å². The largest absolute Gasteiger partial charge is 0.342 e. The molecule has 1 aliphatic heterocycles. The standard InChI is InChI=1S/C20H25N3O2S/c1-2-3-5-15-7-9-16(10-8-15)17-14-26-20(21-17)22-18(24)11-13-23-12-4-6-19(23)25/h7-10,14H,2-6,11-13H2,1H3,(H,21,22,24). The molecule has 1 aromatic heterocycles. The molecular formula is C20H25N3O2S. The second-order valence-corrected chi connectivity index (χ2v) is 7.48. The van der Waals surface area contributed by atoms with Crippen molar-refractivity contribution in [2.75, 3.05) is 18.4 Å². The minimum absolute atomic E-state index is 0.0967. The summed E-state index contributed by atoms with van der Waals surface area (Å²) >= 11 is 1.43. The molecule has 5 nitrogen and oxygen atoms in total. The highest BCUT2D eigenvalue weighted by Crippen LogP contribution is 2.25. The van der Waals surface area contributed by atoms with Crippen molar-refractivity contribution in [1.29, 1.82) is 0 Å². The van der Waals surface area contributed by atoms with Gasteiger partial charge in [0.2, 0.25) is 11.8 Å². The Morgan fingerprint density at radius 1 is 1.31 bits per heavy atom. The van der Waals surface area contributed by atoms with E-state index < -0.39 is 0 Å². The van der Waals surface area contributed by atoms with Gasteiger partial charge in [0.1, 0.15) is 0 Å². The van der Waals surface area contributed by atoms with Gasteiger partial charge in [-0.05, 0) is 24.8 Å². The van der Waals surface area contributed by atoms with E-state index >= 15 is 0 Å². The van der Waals surface area contributed by atoms with Gasteiger partial charge >= 0.3 is 0 Å². The number of thiazole rings is 1. The number of nitrogens with zero attached hydrogens (tertiary/aromatic N) is 2. The van der Waals surface area contributed by atoms with Crippen molar-refractivity contribution in [3.8, 4) is 11.3 Å². The second-order valence-electron chi connectivity index (χ2n) is 6.62. The summed E-state index contributed by atoms with van der Waals surface area (Å²) < 4.78 is 0. The van der Waals surface area contributed by atoms with Crippen molar-refractivity contribution in [2.45, 2.75) is 45.4 Å². The highest BCUT2D eigenvalue weighted by atomic mass is 32.1. The molecule has 0 unspecified atom stereocenters. The van der Waals surface area contributed by atoms with E-state index in [1.54, 1.807) is 4.90 Å². The molecule has 0 saturated carbocycles. The number of hydrogen-bond donors (Lipinski definition) is 1. The molecule has 1 aromatic carbocycles. The average Bonchev–Trinajstić information content (AvgIpc) is 3.27. The number of anilines is 1. The van der Waals surface area contributed by atoms with Gasteiger partial charge in [0, 0.05) is 36.9 Å². The van der Waals surface area contributed by atoms with Crippen LogP contribution in [0.3, 0.4) is 0 Å². The number of hydrogen-bond acceptors (Lipinski definition) is 4. The number of carbonyl (C=O) groups excluding carboxylic acids is 2. The van der Waals surface area contributed by atoms with Crippen LogP contribution in [-0.2, 0) is 16.0 Å². The maximum Gasteiger partial charge on any atom is 0.227 e. The number of aromatic nitrogens is 1. The molecule has 0 radical (unpaired) electrons. The first-order chi connectivity index (χ1) is 12.7. The Kier molecular flexibility index (Phi) is 6.39. The molecule has 3 rings (SSSR count). The summed E-state index contributed by atoms with van der Waals surface area (Å²) in [6, 6.07) is 8.47. The number of unbranched alkanes of at least 4 members (excludes halogenated alkanes) is 1. The zero-order valence-electron chi connectivity index (χ0n) is 15.2. The summed E-state index contributed by atoms with van der Waals surface area (Å²) in [5.41, 5.74) is 3.28. The van der Waals surface area contributed by atoms with Crippen molar-refractivity contribution in [3.05, 3.63) is 35.2 Å². The van der Waals surface area contributed by atoms with Crippen LogP contribution in [0.2, 0.25) is 0 Å². The van der Waals surface area contributed by atoms with Crippen LogP contribution in [0.5, 0.6) is 0 Å². The third-order valence-electron chi connectivity index (χ3n) is 4.60. The van der Waals surface area contributed by atoms with Gasteiger partial charge in [0.15, 0.2) is 5.13 Å². The molecule has 0 bridgehead atoms. The first-order valence-electron chi connectivity index (χ1n) is 9.28. The first kappa shape index (κ1) is 18.6. The lowest BCUT2D eigenvalue weighted by Crippen LogP contribution is -2.28. The van der Waals surface area contributed by atoms with Crippen LogP contribution < -0.4 is 5.32 Å². The molecule has 2 amide bonds. The number of aryl methyl sites for hydroxylation is 1. The van der Waals surface area contributed by atoms with Gasteiger partial charge in [-0.15, -0.1) is 11.3 Å². The van der Waals surface area contributed by atoms with Crippen LogP contribution in [0, 0.1) is 0 Å². The average molecular weight is 372 g/mol. The Morgan fingerprint density at radius 3 is 2.81 bits per heavy atom. The van der Waals surface area contributed by atoms with Crippen LogP contribution in [0.1, 0.15) is 44.6 Å². The van der Waals surface area contributed by atoms with Crippen molar-refractivity contribution < 1.29 is 9.59 Å². The smallest absolute Gasteiger partial charge is 0.227 e. The third kappa shape index (κ3) is 4.91. The lowest BCUT2D eigenvalue weighted by molar-refractivity contribution is -0.128. The van der Waals surface area contributed by atoms with E-state index in [4.69, 9.17) is 0 Å². The SMILES string of the molecule is CCCCc1ccc(-c2csc(NC(=O)CCN3CCCC3=O)n2)cc1. The zero-order valence-corrected chi connectivity index (χ0v) is 16.0. The zero-order chi connectivity index (χ0) is 18.4. The summed E-state index contributed by atoms with van der Waals surface area (Å²) in [6.45, 7) is 3.45. The molecule has 0 atom stereocenters. The summed E-state index contributed by atoms with van der Waals surface area (Å²) in [4.78, 5) is 29.9. The number of carbonyl (C=O) groups is 2. The molecule has 2 heterocycles. The highest BCUT2D eigenvalue weighted by molar-refractivity contribution is 7.14. The Morgan fingerprint density at radius 2 is 2.12 bits per heavy atom. The molecule has 26 heavy (non-hydrogen) atoms. The van der Waals surface area contributed by atoms with Crippen LogP contribution in [0.15, 0.2) is 29.6 Å². The number of likely N-dealkylation sites (tertiary alicyclic amines) is 1. The predicted octanol–water partition coefficient (Wildman–Crippen LogP) is 4.10. The number of benzene rings is 1. The van der Waals surface area contributed by atoms with Crippen LogP contribution in [0.25, 0.3) is 11.3 Å². The van der Waals surface area contributed by atoms with Gasteiger partial charge < -0.3 is 10.2 Å². The van der Waals surface area contributed by atoms with Gasteiger partial charge in [-0.3, -0.25) is 9.59 Å². The van der Waals surface area contributed by atoms with Crippen molar-refractivity contribution in [1.82, 2.24) is 9.88 Å². The molecule has 1 fully saturated rings. The van der Waals surface area contributed by atoms with E-state index in [1.165, 1.54) is 29.7 Å². The Balaban J connectivity index is 1.52. The van der Waals surface area contributed by atoms with Crippen molar-refractivity contribution in [2.24, 2.45) is 0 Å². The van der Waals surface area contributed by atoms with Gasteiger partial charge in [0.05, 0.1) is 5.69 Å². The Bertz CT molecular complexity index is 755. The van der Waals surface area contributed by atoms with Gasteiger partial charge in [-0.25, -0.2) is 4.98 Å². The van der Waals surface area contributed by atoms with Gasteiger partial charge in [-0.1, -0.05) is 37.6 Å². The van der Waals surface area contributed by atoms with E-state index in [-0.39, 0.29) is 11.8 Å². The van der Waals surface area contributed by atoms with Crippen LogP contribution in [-0.4, -0.2) is 34.8 Å². The fourth-order valence-electron chi connectivity index (χ4n) is 3.05. The number of rotatable bonds is 8. The lowest BCUT2D eigenvalue weighted by atomic mass is 10.1. The Labute approximate surface area is 158 Å². The summed E-state index contributed by atoms with van der Waals surface area (Å²) in [6.07, 6.45) is 5.32. The predicted molar refractivity (Wildman–Crippen MR) is 105 cm³/mol. The molecule has 0 spiro atoms. The molecule has 138 valence electrons. The van der Waals surface area contributed by atoms with Crippen molar-refractivity contribution in [3.63, 3.8) is 0 Å². The van der Waals surface area contributed by atoms with Gasteiger partial charge in [0.25, 0.3) is 0 Å². The van der Waals surface area contributed by atoms with Gasteiger partial charge in [-0.2, -0.15) is 0 Å². The van der Waals surface area contributed by atoms with E-state index in [9.17, 15) is 9.59 Å². The number of nitrogens with one attached hydrogen (secondary N) is 1. The molecular weight excluding hydrogens is 346 g/mol. The maximum atomic E-state index is 12.1. The third-order valence-corrected chi connectivity index (χ3v) is 5.36. The molecule has 2 aromatic rings. The second kappa shape index (κ2) is 8.94. The number of amides is 2. The summed E-state index contributed by atoms with van der Waals surface area (Å²) in [5.74, 6) is 0.0530. The van der Waals surface area contributed by atoms with Crippen LogP contribution >= 0.6 is 11.3 Å². The van der Waals surface area contributed by atoms with E-state index in [2.05, 4.69) is 41.5 Å². The first-order valence-corrected chi connectivity index (χ1v) is 10.2. The fourth-order valence-corrected chi connectivity index (χ4v) is 3.78. The Hall–Kier alpha value is -2.21. The van der Waals surface area contributed by atoms with E-state index in [1.807, 2.05) is 5.38 Å². The molecule has 1 N–H and O–H groups in total. The summed E-state index contributed by atoms with van der Waals surface area (Å²) in [7, 11) is 0. The molecule has 0 aliphatic carbocycles. The van der Waals surface area contributed by atoms with E-state index in [0.29, 0.717) is 24.5 Å². The minimum Gasteiger partial charge on any atom is -0.342 e. The highest BCUT2D eigenvalue weighted by Gasteiger charge is 2.20. The fraction of sp³-hybridized carbons (Fsp3) is 0.450. The molecule has 1 aliphatic rings.